The van der Waals surface area contributed by atoms with Crippen molar-refractivity contribution in [1.82, 2.24) is 9.56 Å². The lowest BCUT2D eigenvalue weighted by molar-refractivity contribution is -0.118. The van der Waals surface area contributed by atoms with Crippen LogP contribution in [0.5, 0.6) is 11.5 Å². The summed E-state index contributed by atoms with van der Waals surface area (Å²) in [5, 5.41) is 2.76. The number of aryl methyl sites for hydroxylation is 1. The van der Waals surface area contributed by atoms with Crippen molar-refractivity contribution in [3.8, 4) is 11.5 Å². The molecule has 0 unspecified atom stereocenters. The summed E-state index contributed by atoms with van der Waals surface area (Å²) >= 11 is 0. The van der Waals surface area contributed by atoms with Gasteiger partial charge in [0.2, 0.25) is 0 Å². The van der Waals surface area contributed by atoms with Gasteiger partial charge in [-0.15, -0.1) is 4.57 Å². The minimum absolute atomic E-state index is 0.0839. The van der Waals surface area contributed by atoms with Gasteiger partial charge in [-0.1, -0.05) is 18.2 Å². The van der Waals surface area contributed by atoms with Gasteiger partial charge < -0.3 is 19.3 Å². The van der Waals surface area contributed by atoms with Crippen LogP contribution in [-0.4, -0.2) is 22.1 Å². The second kappa shape index (κ2) is 8.52. The van der Waals surface area contributed by atoms with Gasteiger partial charge in [-0.2, -0.15) is 0 Å². The fraction of sp³-hybridized carbons (Fsp3) is 0.136. The maximum atomic E-state index is 12.0. The molecule has 0 bridgehead atoms. The van der Waals surface area contributed by atoms with Crippen molar-refractivity contribution in [2.24, 2.45) is 0 Å². The van der Waals surface area contributed by atoms with E-state index in [0.717, 1.165) is 4.57 Å². The fourth-order valence-corrected chi connectivity index (χ4v) is 2.80. The summed E-state index contributed by atoms with van der Waals surface area (Å²) in [5.41, 5.74) is 1.25. The number of nitrogens with one attached hydrogen (secondary N) is 1. The van der Waals surface area contributed by atoms with Crippen molar-refractivity contribution < 1.29 is 18.8 Å². The number of hydrogen-bond acceptors (Lipinski definition) is 6. The highest BCUT2D eigenvalue weighted by atomic mass is 16.5. The van der Waals surface area contributed by atoms with Crippen molar-refractivity contribution in [3.05, 3.63) is 88.5 Å². The van der Waals surface area contributed by atoms with Crippen molar-refractivity contribution in [2.45, 2.75) is 13.5 Å². The Morgan fingerprint density at radius 1 is 1.03 bits per heavy atom. The smallest absolute Gasteiger partial charge is 0.287 e. The first kappa shape index (κ1) is 19.3. The van der Waals surface area contributed by atoms with Gasteiger partial charge in [-0.25, -0.2) is 4.98 Å². The van der Waals surface area contributed by atoms with Crippen LogP contribution in [0, 0.1) is 6.92 Å². The minimum atomic E-state index is -0.303. The summed E-state index contributed by atoms with van der Waals surface area (Å²) in [5.74, 6) is 1.55. The van der Waals surface area contributed by atoms with Crippen molar-refractivity contribution in [3.63, 3.8) is 0 Å². The standard InChI is InChI=1S/C22H19N3O5/c1-15-11-20-23-17(12-22(27)25(20)30-15)13-28-19-9-7-16(8-10-19)24-21(26)14-29-18-5-3-2-4-6-18/h2-12H,13-14H2,1H3,(H,24,26). The van der Waals surface area contributed by atoms with Crippen LogP contribution in [0.3, 0.4) is 0 Å². The number of rotatable bonds is 7. The minimum Gasteiger partial charge on any atom is -0.487 e. The molecule has 0 atom stereocenters. The average molecular weight is 405 g/mol. The van der Waals surface area contributed by atoms with Crippen LogP contribution in [0.1, 0.15) is 11.5 Å². The summed E-state index contributed by atoms with van der Waals surface area (Å²) < 4.78 is 17.5. The molecule has 8 nitrogen and oxygen atoms in total. The Hall–Kier alpha value is -4.07. The van der Waals surface area contributed by atoms with Gasteiger partial charge in [0, 0.05) is 17.8 Å². The molecule has 8 heteroatoms. The zero-order chi connectivity index (χ0) is 20.9. The second-order valence-corrected chi connectivity index (χ2v) is 6.55. The van der Waals surface area contributed by atoms with Crippen molar-refractivity contribution >= 4 is 17.2 Å². The number of benzene rings is 2. The molecule has 0 radical (unpaired) electrons. The maximum absolute atomic E-state index is 12.0. The molecule has 0 aliphatic carbocycles. The first-order valence-electron chi connectivity index (χ1n) is 9.27. The summed E-state index contributed by atoms with van der Waals surface area (Å²) in [6.07, 6.45) is 0. The van der Waals surface area contributed by atoms with E-state index in [1.54, 1.807) is 49.4 Å². The molecule has 152 valence electrons. The van der Waals surface area contributed by atoms with Gasteiger partial charge in [0.15, 0.2) is 12.3 Å². The van der Waals surface area contributed by atoms with E-state index in [1.807, 2.05) is 18.2 Å². The Morgan fingerprint density at radius 3 is 2.53 bits per heavy atom. The molecule has 1 N–H and O–H groups in total. The lowest BCUT2D eigenvalue weighted by Gasteiger charge is -2.09. The summed E-state index contributed by atoms with van der Waals surface area (Å²) in [6, 6.07) is 19.1. The van der Waals surface area contributed by atoms with Gasteiger partial charge in [0.05, 0.1) is 5.69 Å². The maximum Gasteiger partial charge on any atom is 0.287 e. The van der Waals surface area contributed by atoms with E-state index >= 15 is 0 Å². The monoisotopic (exact) mass is 405 g/mol. The molecule has 30 heavy (non-hydrogen) atoms. The predicted octanol–water partition coefficient (Wildman–Crippen LogP) is 3.19. The predicted molar refractivity (Wildman–Crippen MR) is 110 cm³/mol. The normalized spacial score (nSPS) is 10.7. The first-order chi connectivity index (χ1) is 14.6. The first-order valence-corrected chi connectivity index (χ1v) is 9.27. The van der Waals surface area contributed by atoms with E-state index in [1.165, 1.54) is 6.07 Å². The second-order valence-electron chi connectivity index (χ2n) is 6.55. The third-order valence-electron chi connectivity index (χ3n) is 4.16. The Morgan fingerprint density at radius 2 is 1.77 bits per heavy atom. The third-order valence-corrected chi connectivity index (χ3v) is 4.16. The van der Waals surface area contributed by atoms with Crippen LogP contribution >= 0.6 is 0 Å². The Balaban J connectivity index is 1.31. The molecule has 4 aromatic rings. The molecular formula is C22H19N3O5. The van der Waals surface area contributed by atoms with E-state index in [-0.39, 0.29) is 24.7 Å². The number of fused-ring (bicyclic) bond motifs is 1. The average Bonchev–Trinajstić information content (AvgIpc) is 3.13. The lowest BCUT2D eigenvalue weighted by Crippen LogP contribution is -2.20. The SMILES string of the molecule is Cc1cc2nc(COc3ccc(NC(=O)COc4ccccc4)cc3)cc(=O)n2o1. The van der Waals surface area contributed by atoms with E-state index in [2.05, 4.69) is 10.3 Å². The summed E-state index contributed by atoms with van der Waals surface area (Å²) in [4.78, 5) is 28.4. The van der Waals surface area contributed by atoms with Gasteiger partial charge in [0.25, 0.3) is 11.5 Å². The van der Waals surface area contributed by atoms with Crippen LogP contribution in [-0.2, 0) is 11.4 Å². The Kier molecular flexibility index (Phi) is 5.47. The number of ether oxygens (including phenoxy) is 2. The molecule has 4 rings (SSSR count). The number of anilines is 1. The molecule has 0 saturated heterocycles. The van der Waals surface area contributed by atoms with Gasteiger partial charge in [-0.05, 0) is 43.3 Å². The fourth-order valence-electron chi connectivity index (χ4n) is 2.80. The van der Waals surface area contributed by atoms with Gasteiger partial charge in [-0.3, -0.25) is 9.59 Å². The number of amides is 1. The molecule has 0 spiro atoms. The number of carbonyl (C=O) groups is 1. The molecule has 0 aliphatic heterocycles. The van der Waals surface area contributed by atoms with Gasteiger partial charge in [0.1, 0.15) is 23.9 Å². The van der Waals surface area contributed by atoms with Crippen LogP contribution in [0.15, 0.2) is 76.0 Å². The van der Waals surface area contributed by atoms with Crippen LogP contribution in [0.25, 0.3) is 5.65 Å². The number of hydrogen-bond donors (Lipinski definition) is 1. The van der Waals surface area contributed by atoms with Crippen LogP contribution < -0.4 is 20.3 Å². The zero-order valence-electron chi connectivity index (χ0n) is 16.2. The quantitative estimate of drug-likeness (QED) is 0.507. The van der Waals surface area contributed by atoms with E-state index in [9.17, 15) is 9.59 Å². The highest BCUT2D eigenvalue weighted by Crippen LogP contribution is 2.17. The highest BCUT2D eigenvalue weighted by molar-refractivity contribution is 5.91. The topological polar surface area (TPSA) is 95.1 Å². The van der Waals surface area contributed by atoms with E-state index in [0.29, 0.717) is 34.3 Å². The Labute approximate surface area is 171 Å². The zero-order valence-corrected chi connectivity index (χ0v) is 16.2. The Bertz CT molecular complexity index is 1210. The number of carbonyl (C=O) groups excluding carboxylic acids is 1. The summed E-state index contributed by atoms with van der Waals surface area (Å²) in [6.45, 7) is 1.80. The third kappa shape index (κ3) is 4.67. The van der Waals surface area contributed by atoms with Crippen LogP contribution in [0.2, 0.25) is 0 Å². The number of aromatic nitrogens is 2. The van der Waals surface area contributed by atoms with Crippen LogP contribution in [0.4, 0.5) is 5.69 Å². The molecule has 2 aromatic heterocycles. The molecular weight excluding hydrogens is 386 g/mol. The van der Waals surface area contributed by atoms with Crippen molar-refractivity contribution in [2.75, 3.05) is 11.9 Å². The lowest BCUT2D eigenvalue weighted by atomic mass is 10.3. The summed E-state index contributed by atoms with van der Waals surface area (Å²) in [7, 11) is 0. The number of nitrogens with zero attached hydrogens (tertiary/aromatic N) is 2. The highest BCUT2D eigenvalue weighted by Gasteiger charge is 2.08. The largest absolute Gasteiger partial charge is 0.487 e. The molecule has 0 aliphatic rings. The molecule has 0 fully saturated rings. The molecule has 2 aromatic carbocycles. The molecule has 0 saturated carbocycles. The number of para-hydroxylation sites is 1. The molecule has 1 amide bonds. The van der Waals surface area contributed by atoms with E-state index in [4.69, 9.17) is 14.0 Å². The van der Waals surface area contributed by atoms with Crippen molar-refractivity contribution in [1.29, 1.82) is 0 Å². The van der Waals surface area contributed by atoms with Gasteiger partial charge >= 0.3 is 0 Å². The van der Waals surface area contributed by atoms with E-state index < -0.39 is 0 Å². The molecule has 2 heterocycles.